The van der Waals surface area contributed by atoms with Gasteiger partial charge in [-0.15, -0.1) is 0 Å². The van der Waals surface area contributed by atoms with Crippen LogP contribution >= 0.6 is 11.6 Å². The number of rotatable bonds is 28. The summed E-state index contributed by atoms with van der Waals surface area (Å²) in [7, 11) is 5.35. The van der Waals surface area contributed by atoms with Crippen LogP contribution in [0.3, 0.4) is 0 Å². The number of aliphatic hydroxyl groups excluding tert-OH is 3. The van der Waals surface area contributed by atoms with Crippen molar-refractivity contribution in [2.75, 3.05) is 53.1 Å². The number of ether oxygens (including phenoxy) is 13. The van der Waals surface area contributed by atoms with Crippen molar-refractivity contribution in [3.63, 3.8) is 0 Å². The van der Waals surface area contributed by atoms with Crippen LogP contribution in [0.5, 0.6) is 74.7 Å². The van der Waals surface area contributed by atoms with Gasteiger partial charge in [-0.05, 0) is 173 Å². The average Bonchev–Trinajstić information content (AvgIpc) is 1.73. The van der Waals surface area contributed by atoms with Crippen LogP contribution in [-0.2, 0) is 67.1 Å². The summed E-state index contributed by atoms with van der Waals surface area (Å²) in [6.45, 7) is 4.47. The summed E-state index contributed by atoms with van der Waals surface area (Å²) in [4.78, 5) is 92.1. The molecule has 13 aromatic carbocycles. The zero-order valence-corrected chi connectivity index (χ0v) is 73.6. The summed E-state index contributed by atoms with van der Waals surface area (Å²) >= 11 is 5.45. The van der Waals surface area contributed by atoms with E-state index in [0.29, 0.717) is 146 Å². The smallest absolute Gasteiger partial charge is 0.338 e. The number of carboxylic acid groups (broad SMARTS) is 1. The zero-order chi connectivity index (χ0) is 95.7. The zero-order valence-electron chi connectivity index (χ0n) is 72.9. The molecule has 2 heterocycles. The largest absolute Gasteiger partial charge is 0.508 e. The highest BCUT2D eigenvalue weighted by atomic mass is 35.5. The lowest BCUT2D eigenvalue weighted by molar-refractivity contribution is 0.0591. The maximum Gasteiger partial charge on any atom is 0.338 e. The fourth-order valence-corrected chi connectivity index (χ4v) is 12.2. The molecular formula is C102H95ClN2O28. The third-order valence-corrected chi connectivity index (χ3v) is 18.9. The number of benzene rings is 13. The second-order valence-electron chi connectivity index (χ2n) is 28.5. The summed E-state index contributed by atoms with van der Waals surface area (Å²) < 4.78 is 68.1. The Morgan fingerprint density at radius 2 is 0.639 bits per heavy atom. The number of phenols is 3. The molecule has 0 saturated carbocycles. The highest BCUT2D eigenvalue weighted by molar-refractivity contribution is 6.67. The van der Waals surface area contributed by atoms with Crippen LogP contribution in [0.15, 0.2) is 285 Å². The number of amides is 1. The van der Waals surface area contributed by atoms with Gasteiger partial charge in [-0.25, -0.2) is 19.2 Å². The summed E-state index contributed by atoms with van der Waals surface area (Å²) in [6, 6.07) is 81.7. The molecule has 15 rings (SSSR count). The molecule has 0 saturated heterocycles. The number of fused-ring (bicyclic) bond motifs is 2. The first-order valence-corrected chi connectivity index (χ1v) is 40.8. The van der Waals surface area contributed by atoms with Crippen LogP contribution in [-0.4, -0.2) is 124 Å². The minimum atomic E-state index is -1.04. The van der Waals surface area contributed by atoms with Gasteiger partial charge in [0.15, 0.2) is 34.6 Å². The van der Waals surface area contributed by atoms with Gasteiger partial charge in [0.05, 0.1) is 76.2 Å². The van der Waals surface area contributed by atoms with E-state index in [9.17, 15) is 48.6 Å². The predicted octanol–water partition coefficient (Wildman–Crippen LogP) is 17.4. The van der Waals surface area contributed by atoms with Gasteiger partial charge in [0.1, 0.15) is 84.8 Å². The van der Waals surface area contributed by atoms with Gasteiger partial charge in [-0.1, -0.05) is 152 Å². The van der Waals surface area contributed by atoms with E-state index >= 15 is 0 Å². The Morgan fingerprint density at radius 3 is 1.00 bits per heavy atom. The molecule has 31 heteroatoms. The molecule has 10 N–H and O–H groups in total. The minimum absolute atomic E-state index is 0.0361. The van der Waals surface area contributed by atoms with Crippen LogP contribution in [0.25, 0.3) is 0 Å². The van der Waals surface area contributed by atoms with Gasteiger partial charge >= 0.3 is 23.9 Å². The molecule has 688 valence electrons. The van der Waals surface area contributed by atoms with Gasteiger partial charge in [-0.3, -0.25) is 19.2 Å². The van der Waals surface area contributed by atoms with Crippen molar-refractivity contribution in [2.24, 2.45) is 0 Å². The Balaban J connectivity index is 0.000000178. The molecule has 0 atom stereocenters. The maximum atomic E-state index is 13.0. The number of aromatic hydroxyl groups is 3. The first-order valence-electron chi connectivity index (χ1n) is 40.4. The third kappa shape index (κ3) is 32.4. The lowest BCUT2D eigenvalue weighted by atomic mass is 10.1. The molecular weight excluding hydrogens is 1740 g/mol. The Labute approximate surface area is 769 Å². The fraction of sp³-hybridized carbons (Fsp3) is 0.157. The number of nitrogens with two attached hydrogens (primary N) is 1. The Kier molecular flexibility index (Phi) is 38.9. The molecule has 0 bridgehead atoms. The second kappa shape index (κ2) is 51.6. The first-order chi connectivity index (χ1) is 64.1. The SMILES string of the molecule is CC(=O)c1cc2c(cc1N)OCO2.COC(=O)c1cc(CO)cc(OCc2ccccc2)c1.COC(=O)c1cc(O)cc(O)c1.COC(=O)c1cc(O)cc(OCc2ccccc2)c1.COc1cc(OCc2ccccc2)cc(C(=O)Nc2cc3c(cc2C(C)=O)OCO3)c1.O=C(Cl)c1cc(CO)cc(OCc2ccccc2)c1.O=C(O)c1cc(CO)cc(OCc2ccccc2)c1. The molecule has 0 spiro atoms. The van der Waals surface area contributed by atoms with Crippen molar-refractivity contribution in [2.45, 2.75) is 66.7 Å². The molecule has 133 heavy (non-hydrogen) atoms. The number of phenolic OH excluding ortho intramolecular Hbond substituents is 3. The molecule has 0 unspecified atom stereocenters. The number of carbonyl (C=O) groups is 8. The Bertz CT molecular complexity index is 5980. The van der Waals surface area contributed by atoms with Crippen LogP contribution in [0.2, 0.25) is 0 Å². The van der Waals surface area contributed by atoms with Crippen molar-refractivity contribution >= 4 is 69.6 Å². The number of esters is 3. The highest BCUT2D eigenvalue weighted by Gasteiger charge is 2.24. The Morgan fingerprint density at radius 1 is 0.338 bits per heavy atom. The van der Waals surface area contributed by atoms with Gasteiger partial charge in [-0.2, -0.15) is 0 Å². The summed E-state index contributed by atoms with van der Waals surface area (Å²) in [6.07, 6.45) is 0. The minimum Gasteiger partial charge on any atom is -0.508 e. The number of hydrogen-bond acceptors (Lipinski definition) is 28. The van der Waals surface area contributed by atoms with Gasteiger partial charge in [0.2, 0.25) is 13.6 Å². The number of methoxy groups -OCH3 is 4. The van der Waals surface area contributed by atoms with Crippen molar-refractivity contribution in [1.29, 1.82) is 0 Å². The lowest BCUT2D eigenvalue weighted by Gasteiger charge is -2.13. The number of ketones is 2. The lowest BCUT2D eigenvalue weighted by Crippen LogP contribution is -2.14. The monoisotopic (exact) mass is 1830 g/mol. The average molecular weight is 1830 g/mol. The molecule has 0 fully saturated rings. The molecule has 13 aromatic rings. The molecule has 2 aliphatic heterocycles. The van der Waals surface area contributed by atoms with Crippen molar-refractivity contribution in [1.82, 2.24) is 0 Å². The molecule has 30 nitrogen and oxygen atoms in total. The number of hydrogen-bond donors (Lipinski definition) is 9. The molecule has 1 amide bonds. The van der Waals surface area contributed by atoms with Gasteiger partial charge in [0, 0.05) is 58.3 Å². The normalized spacial score (nSPS) is 10.7. The highest BCUT2D eigenvalue weighted by Crippen LogP contribution is 2.39. The van der Waals surface area contributed by atoms with Crippen LogP contribution in [0.4, 0.5) is 11.4 Å². The van der Waals surface area contributed by atoms with E-state index in [1.54, 1.807) is 84.9 Å². The van der Waals surface area contributed by atoms with Gasteiger partial charge in [0.25, 0.3) is 11.1 Å². The van der Waals surface area contributed by atoms with Crippen molar-refractivity contribution in [3.05, 3.63) is 374 Å². The van der Waals surface area contributed by atoms with Crippen LogP contribution in [0, 0.1) is 0 Å². The Hall–Kier alpha value is -16.4. The number of nitrogen functional groups attached to an aromatic ring is 1. The molecule has 0 radical (unpaired) electrons. The van der Waals surface area contributed by atoms with E-state index < -0.39 is 35.0 Å². The topological polar surface area (TPSA) is 436 Å². The quantitative estimate of drug-likeness (QED) is 0.00723. The summed E-state index contributed by atoms with van der Waals surface area (Å²) in [5, 5.41) is 66.1. The number of Topliss-reactive ketones (excluding diaryl/α,β-unsaturated/α-hetero) is 2. The van der Waals surface area contributed by atoms with E-state index in [1.807, 2.05) is 152 Å². The number of nitrogens with one attached hydrogen (secondary N) is 1. The molecule has 0 aromatic heterocycles. The number of halogens is 1. The second-order valence-corrected chi connectivity index (χ2v) is 28.8. The van der Waals surface area contributed by atoms with Gasteiger partial charge < -0.3 is 108 Å². The third-order valence-electron chi connectivity index (χ3n) is 18.7. The predicted molar refractivity (Wildman–Crippen MR) is 491 cm³/mol. The fourth-order valence-electron chi connectivity index (χ4n) is 12.1. The van der Waals surface area contributed by atoms with E-state index in [0.717, 1.165) is 33.9 Å². The summed E-state index contributed by atoms with van der Waals surface area (Å²) in [5.41, 5.74) is 15.5. The number of carboxylic acids is 1. The van der Waals surface area contributed by atoms with Crippen molar-refractivity contribution in [3.8, 4) is 74.7 Å². The summed E-state index contributed by atoms with van der Waals surface area (Å²) in [5.74, 6) is 1.33. The van der Waals surface area contributed by atoms with E-state index in [2.05, 4.69) is 19.5 Å². The standard InChI is InChI=1S/C24H21NO6.C16H16O4.C15H13ClO3.2C15H14O4.C9H9NO3.C8H8O4/c1-15(26)20-11-22-23(31-14-30-22)12-21(20)25-24(27)17-8-18(28-2)10-19(9-17)29-13-16-6-4-3-5-7-16;1-19-16(18)14-7-13(10-17)8-15(9-14)20-11-12-5-3-2-4-6-12;16-15(18)13-6-12(9-17)7-14(8-13)19-10-11-4-2-1-3-5-11;1-18-15(17)12-7-13(16)9-14(8-12)19-10-11-5-3-2-4-6-11;16-9-12-6-13(15(17)18)8-14(7-12)19-10-11-4-2-1-3-5-11;1-5(11)6-2-8-9(3-7(6)10)13-4-12-8;1-12-8(11)5-2-6(9)4-7(10)3-5/h3-12H,13-14H2,1-2H3,(H,25,27);2-9,17H,10-11H2,1H3;1-8,17H,9-10H2;2-9,16H,10H2,1H3;1-8,16H,9-10H2,(H,17,18);2-3H,4,10H2,1H3;2-4,9-10H,1H3. The van der Waals surface area contributed by atoms with Crippen LogP contribution in [0.1, 0.15) is 141 Å². The van der Waals surface area contributed by atoms with E-state index in [-0.39, 0.29) is 78.9 Å². The van der Waals surface area contributed by atoms with E-state index in [1.165, 1.54) is 84.8 Å². The number of aromatic carboxylic acids is 1. The first kappa shape index (κ1) is 100. The molecule has 0 aliphatic carbocycles. The maximum absolute atomic E-state index is 13.0. The van der Waals surface area contributed by atoms with Crippen molar-refractivity contribution < 1.29 is 136 Å². The van der Waals surface area contributed by atoms with E-state index in [4.69, 9.17) is 90.2 Å². The molecule has 2 aliphatic rings. The number of carbonyl (C=O) groups excluding carboxylic acids is 7. The number of aliphatic hydroxyl groups is 3. The van der Waals surface area contributed by atoms with Crippen LogP contribution < -0.4 is 58.4 Å². The number of anilines is 2.